The molecular weight excluding hydrogens is 228 g/mol. The molecule has 0 aromatic carbocycles. The molecule has 2 N–H and O–H groups in total. The van der Waals surface area contributed by atoms with Crippen molar-refractivity contribution < 1.29 is 14.7 Å². The summed E-state index contributed by atoms with van der Waals surface area (Å²) in [6.45, 7) is 3.68. The SMILES string of the molecule is CC(C)(C#N)CCSCC(NC=O)C(=O)O. The lowest BCUT2D eigenvalue weighted by Gasteiger charge is -2.15. The molecule has 16 heavy (non-hydrogen) atoms. The van der Waals surface area contributed by atoms with Gasteiger partial charge in [-0.05, 0) is 26.0 Å². The number of rotatable bonds is 8. The van der Waals surface area contributed by atoms with Crippen LogP contribution in [0.25, 0.3) is 0 Å². The fraction of sp³-hybridized carbons (Fsp3) is 0.700. The fourth-order valence-electron chi connectivity index (χ4n) is 0.857. The number of nitriles is 1. The largest absolute Gasteiger partial charge is 0.480 e. The Morgan fingerprint density at radius 1 is 1.69 bits per heavy atom. The summed E-state index contributed by atoms with van der Waals surface area (Å²) in [6.07, 6.45) is 1.08. The summed E-state index contributed by atoms with van der Waals surface area (Å²) in [4.78, 5) is 20.8. The Hall–Kier alpha value is -1.22. The standard InChI is InChI=1S/C10H16N2O3S/c1-10(2,6-11)3-4-16-5-8(9(14)15)12-7-13/h7-8H,3-5H2,1-2H3,(H,12,13)(H,14,15). The maximum atomic E-state index is 10.6. The van der Waals surface area contributed by atoms with Gasteiger partial charge in [-0.1, -0.05) is 0 Å². The van der Waals surface area contributed by atoms with E-state index >= 15 is 0 Å². The third kappa shape index (κ3) is 6.30. The lowest BCUT2D eigenvalue weighted by Crippen LogP contribution is -2.37. The van der Waals surface area contributed by atoms with Crippen molar-refractivity contribution in [1.29, 1.82) is 5.26 Å². The van der Waals surface area contributed by atoms with Crippen molar-refractivity contribution in [2.75, 3.05) is 11.5 Å². The van der Waals surface area contributed by atoms with Gasteiger partial charge in [0.25, 0.3) is 0 Å². The molecule has 0 fully saturated rings. The Bertz CT molecular complexity index is 286. The van der Waals surface area contributed by atoms with Crippen LogP contribution >= 0.6 is 11.8 Å². The van der Waals surface area contributed by atoms with E-state index in [2.05, 4.69) is 11.4 Å². The third-order valence-electron chi connectivity index (χ3n) is 2.03. The van der Waals surface area contributed by atoms with Gasteiger partial charge < -0.3 is 10.4 Å². The van der Waals surface area contributed by atoms with Gasteiger partial charge in [-0.15, -0.1) is 0 Å². The number of carboxylic acids is 1. The van der Waals surface area contributed by atoms with E-state index < -0.39 is 12.0 Å². The van der Waals surface area contributed by atoms with Crippen LogP contribution < -0.4 is 5.32 Å². The second-order valence-electron chi connectivity index (χ2n) is 4.00. The Kier molecular flexibility index (Phi) is 6.58. The van der Waals surface area contributed by atoms with Crippen molar-refractivity contribution >= 4 is 24.1 Å². The summed E-state index contributed by atoms with van der Waals surface area (Å²) < 4.78 is 0. The lowest BCUT2D eigenvalue weighted by molar-refractivity contribution is -0.139. The van der Waals surface area contributed by atoms with Crippen molar-refractivity contribution in [3.8, 4) is 6.07 Å². The first-order valence-electron chi connectivity index (χ1n) is 4.84. The summed E-state index contributed by atoms with van der Waals surface area (Å²) in [7, 11) is 0. The van der Waals surface area contributed by atoms with Gasteiger partial charge >= 0.3 is 5.97 Å². The van der Waals surface area contributed by atoms with Crippen LogP contribution in [0.3, 0.4) is 0 Å². The topological polar surface area (TPSA) is 90.2 Å². The van der Waals surface area contributed by atoms with Crippen LogP contribution in [-0.4, -0.2) is 35.0 Å². The van der Waals surface area contributed by atoms with Crippen LogP contribution in [0.2, 0.25) is 0 Å². The zero-order chi connectivity index (χ0) is 12.6. The van der Waals surface area contributed by atoms with E-state index in [9.17, 15) is 9.59 Å². The molecule has 5 nitrogen and oxygen atoms in total. The van der Waals surface area contributed by atoms with E-state index in [-0.39, 0.29) is 5.41 Å². The number of nitrogens with zero attached hydrogens (tertiary/aromatic N) is 1. The van der Waals surface area contributed by atoms with Crippen molar-refractivity contribution in [3.05, 3.63) is 0 Å². The molecule has 0 rings (SSSR count). The normalized spacial score (nSPS) is 12.6. The first-order chi connectivity index (χ1) is 7.43. The Balaban J connectivity index is 3.84. The number of hydrogen-bond donors (Lipinski definition) is 2. The maximum Gasteiger partial charge on any atom is 0.327 e. The van der Waals surface area contributed by atoms with Crippen molar-refractivity contribution in [2.24, 2.45) is 5.41 Å². The van der Waals surface area contributed by atoms with Gasteiger partial charge in [0.2, 0.25) is 6.41 Å². The number of amides is 1. The van der Waals surface area contributed by atoms with Crippen molar-refractivity contribution in [3.63, 3.8) is 0 Å². The van der Waals surface area contributed by atoms with Gasteiger partial charge in [-0.2, -0.15) is 17.0 Å². The molecule has 0 aliphatic heterocycles. The molecule has 0 bridgehead atoms. The molecule has 0 saturated carbocycles. The maximum absolute atomic E-state index is 10.6. The molecule has 6 heteroatoms. The highest BCUT2D eigenvalue weighted by Crippen LogP contribution is 2.21. The molecule has 90 valence electrons. The first kappa shape index (κ1) is 14.8. The molecule has 1 unspecified atom stereocenters. The lowest BCUT2D eigenvalue weighted by atomic mass is 9.93. The Morgan fingerprint density at radius 2 is 2.31 bits per heavy atom. The third-order valence-corrected chi connectivity index (χ3v) is 3.09. The molecule has 1 atom stereocenters. The first-order valence-corrected chi connectivity index (χ1v) is 6.00. The average Bonchev–Trinajstić information content (AvgIpc) is 2.22. The second kappa shape index (κ2) is 7.12. The predicted molar refractivity (Wildman–Crippen MR) is 62.0 cm³/mol. The molecule has 0 aromatic rings. The molecule has 0 aliphatic rings. The number of aliphatic carboxylic acids is 1. The Labute approximate surface area is 99.2 Å². The molecule has 0 aliphatic carbocycles. The van der Waals surface area contributed by atoms with Crippen molar-refractivity contribution in [1.82, 2.24) is 5.32 Å². The van der Waals surface area contributed by atoms with E-state index in [0.29, 0.717) is 24.3 Å². The number of nitrogens with one attached hydrogen (secondary N) is 1. The van der Waals surface area contributed by atoms with Gasteiger partial charge in [-0.25, -0.2) is 4.79 Å². The highest BCUT2D eigenvalue weighted by Gasteiger charge is 2.18. The van der Waals surface area contributed by atoms with Crippen LogP contribution in [0, 0.1) is 16.7 Å². The number of carbonyl (C=O) groups excluding carboxylic acids is 1. The molecule has 1 amide bonds. The zero-order valence-corrected chi connectivity index (χ0v) is 10.2. The van der Waals surface area contributed by atoms with E-state index in [0.717, 1.165) is 0 Å². The Morgan fingerprint density at radius 3 is 2.75 bits per heavy atom. The monoisotopic (exact) mass is 244 g/mol. The number of hydrogen-bond acceptors (Lipinski definition) is 4. The molecule has 0 heterocycles. The molecule has 0 saturated heterocycles. The van der Waals surface area contributed by atoms with Gasteiger partial charge in [-0.3, -0.25) is 4.79 Å². The van der Waals surface area contributed by atoms with E-state index in [1.54, 1.807) is 0 Å². The zero-order valence-electron chi connectivity index (χ0n) is 9.40. The minimum absolute atomic E-state index is 0.315. The van der Waals surface area contributed by atoms with E-state index in [1.165, 1.54) is 11.8 Å². The van der Waals surface area contributed by atoms with Gasteiger partial charge in [0.1, 0.15) is 6.04 Å². The van der Waals surface area contributed by atoms with Gasteiger partial charge in [0.05, 0.1) is 11.5 Å². The van der Waals surface area contributed by atoms with Gasteiger partial charge in [0, 0.05) is 5.75 Å². The van der Waals surface area contributed by atoms with Gasteiger partial charge in [0.15, 0.2) is 0 Å². The minimum atomic E-state index is -1.04. The average molecular weight is 244 g/mol. The molecule has 0 spiro atoms. The summed E-state index contributed by atoms with van der Waals surface area (Å²) in [5.74, 6) is -0.0281. The predicted octanol–water partition coefficient (Wildman–Crippen LogP) is 0.859. The van der Waals surface area contributed by atoms with E-state index in [1.807, 2.05) is 13.8 Å². The number of carbonyl (C=O) groups is 2. The van der Waals surface area contributed by atoms with Crippen LogP contribution in [0.4, 0.5) is 0 Å². The molecule has 0 aromatic heterocycles. The smallest absolute Gasteiger partial charge is 0.327 e. The van der Waals surface area contributed by atoms with E-state index in [4.69, 9.17) is 10.4 Å². The summed E-state index contributed by atoms with van der Waals surface area (Å²) >= 11 is 1.42. The summed E-state index contributed by atoms with van der Waals surface area (Å²) in [6, 6.07) is 1.32. The summed E-state index contributed by atoms with van der Waals surface area (Å²) in [5.41, 5.74) is -0.385. The summed E-state index contributed by atoms with van der Waals surface area (Å²) in [5, 5.41) is 19.7. The highest BCUT2D eigenvalue weighted by atomic mass is 32.2. The second-order valence-corrected chi connectivity index (χ2v) is 5.15. The minimum Gasteiger partial charge on any atom is -0.480 e. The van der Waals surface area contributed by atoms with Crippen LogP contribution in [0.1, 0.15) is 20.3 Å². The fourth-order valence-corrected chi connectivity index (χ4v) is 2.15. The quantitative estimate of drug-likeness (QED) is 0.488. The van der Waals surface area contributed by atoms with Crippen LogP contribution in [0.5, 0.6) is 0 Å². The van der Waals surface area contributed by atoms with Crippen LogP contribution in [-0.2, 0) is 9.59 Å². The van der Waals surface area contributed by atoms with Crippen molar-refractivity contribution in [2.45, 2.75) is 26.3 Å². The number of thioether (sulfide) groups is 1. The molecule has 0 radical (unpaired) electrons. The van der Waals surface area contributed by atoms with Crippen LogP contribution in [0.15, 0.2) is 0 Å². The number of carboxylic acid groups (broad SMARTS) is 1. The highest BCUT2D eigenvalue weighted by molar-refractivity contribution is 7.99. The molecular formula is C10H16N2O3S.